The Morgan fingerprint density at radius 3 is 1.98 bits per heavy atom. The van der Waals surface area contributed by atoms with Crippen molar-refractivity contribution in [3.63, 3.8) is 0 Å². The van der Waals surface area contributed by atoms with Crippen LogP contribution in [-0.4, -0.2) is 82.7 Å². The van der Waals surface area contributed by atoms with Gasteiger partial charge in [-0.2, -0.15) is 0 Å². The number of fused-ring (bicyclic) bond motifs is 2. The molecule has 1 saturated heterocycles. The maximum atomic E-state index is 13.4. The fourth-order valence-electron chi connectivity index (χ4n) is 5.37. The highest BCUT2D eigenvalue weighted by molar-refractivity contribution is 6.37. The van der Waals surface area contributed by atoms with Crippen LogP contribution in [0.2, 0.25) is 10.0 Å². The molecule has 1 N–H and O–H groups in total. The number of aryl methyl sites for hydroxylation is 1. The second-order valence-electron chi connectivity index (χ2n) is 13.1. The van der Waals surface area contributed by atoms with E-state index in [0.29, 0.717) is 32.7 Å². The number of benzene rings is 2. The number of amides is 2. The Hall–Kier alpha value is -3.63. The zero-order valence-corrected chi connectivity index (χ0v) is 28.1. The number of carboxylic acids is 1. The van der Waals surface area contributed by atoms with E-state index in [-0.39, 0.29) is 26.3 Å². The molecule has 4 rings (SSSR count). The van der Waals surface area contributed by atoms with E-state index in [2.05, 4.69) is 0 Å². The fourth-order valence-corrected chi connectivity index (χ4v) is 6.08. The second kappa shape index (κ2) is 13.4. The average Bonchev–Trinajstić information content (AvgIpc) is 2.89. The zero-order chi connectivity index (χ0) is 33.3. The van der Waals surface area contributed by atoms with Gasteiger partial charge >= 0.3 is 18.2 Å². The van der Waals surface area contributed by atoms with Gasteiger partial charge in [-0.25, -0.2) is 9.59 Å². The first-order valence-corrected chi connectivity index (χ1v) is 15.4. The van der Waals surface area contributed by atoms with Crippen LogP contribution in [0, 0.1) is 12.8 Å². The van der Waals surface area contributed by atoms with Crippen molar-refractivity contribution in [1.82, 2.24) is 9.80 Å². The van der Waals surface area contributed by atoms with E-state index < -0.39 is 47.4 Å². The molecule has 3 unspecified atom stereocenters. The van der Waals surface area contributed by atoms with Crippen molar-refractivity contribution in [3.8, 4) is 11.5 Å². The second-order valence-corrected chi connectivity index (χ2v) is 13.9. The number of hydrogen-bond acceptors (Lipinski definition) is 7. The van der Waals surface area contributed by atoms with Crippen LogP contribution in [0.4, 0.5) is 9.59 Å². The Kier molecular flexibility index (Phi) is 10.2. The molecular formula is C33H40Cl2N2O8. The molecule has 45 heavy (non-hydrogen) atoms. The van der Waals surface area contributed by atoms with Crippen molar-refractivity contribution in [2.45, 2.75) is 71.8 Å². The first-order valence-electron chi connectivity index (χ1n) is 14.7. The summed E-state index contributed by atoms with van der Waals surface area (Å²) in [6.45, 7) is 12.9. The summed E-state index contributed by atoms with van der Waals surface area (Å²) in [4.78, 5) is 42.1. The van der Waals surface area contributed by atoms with E-state index in [1.165, 1.54) is 9.80 Å². The molecule has 0 aromatic heterocycles. The molecule has 10 nitrogen and oxygen atoms in total. The van der Waals surface area contributed by atoms with Crippen LogP contribution in [-0.2, 0) is 14.3 Å². The molecule has 2 heterocycles. The van der Waals surface area contributed by atoms with E-state index >= 15 is 0 Å². The maximum Gasteiger partial charge on any atom is 0.411 e. The summed E-state index contributed by atoms with van der Waals surface area (Å²) in [6.07, 6.45) is 0.524. The number of nitrogens with zero attached hydrogens (tertiary/aromatic N) is 2. The smallest absolute Gasteiger partial charge is 0.411 e. The Balaban J connectivity index is 1.54. The van der Waals surface area contributed by atoms with Crippen LogP contribution in [0.25, 0.3) is 5.57 Å². The highest BCUT2D eigenvalue weighted by Gasteiger charge is 2.51. The summed E-state index contributed by atoms with van der Waals surface area (Å²) in [7, 11) is 0. The van der Waals surface area contributed by atoms with Crippen LogP contribution in [0.15, 0.2) is 42.5 Å². The van der Waals surface area contributed by atoms with E-state index in [1.54, 1.807) is 84.0 Å². The van der Waals surface area contributed by atoms with Crippen molar-refractivity contribution < 1.29 is 38.4 Å². The van der Waals surface area contributed by atoms with Crippen molar-refractivity contribution >= 4 is 46.9 Å². The third-order valence-corrected chi connectivity index (χ3v) is 7.63. The number of aliphatic carboxylic acids is 1. The van der Waals surface area contributed by atoms with E-state index in [0.717, 1.165) is 5.56 Å². The van der Waals surface area contributed by atoms with Crippen molar-refractivity contribution in [2.24, 2.45) is 5.92 Å². The predicted molar refractivity (Wildman–Crippen MR) is 171 cm³/mol. The molecular weight excluding hydrogens is 623 g/mol. The van der Waals surface area contributed by atoms with Crippen molar-refractivity contribution in [3.05, 3.63) is 63.6 Å². The van der Waals surface area contributed by atoms with Crippen LogP contribution in [0.3, 0.4) is 0 Å². The van der Waals surface area contributed by atoms with Crippen LogP contribution < -0.4 is 9.47 Å². The molecule has 0 saturated carbocycles. The Bertz CT molecular complexity index is 1440. The van der Waals surface area contributed by atoms with Gasteiger partial charge in [0.1, 0.15) is 36.1 Å². The van der Waals surface area contributed by atoms with Gasteiger partial charge in [-0.05, 0) is 89.4 Å². The molecule has 3 atom stereocenters. The summed E-state index contributed by atoms with van der Waals surface area (Å²) in [5.74, 6) is -1.32. The minimum atomic E-state index is -1.14. The number of piperazine rings is 1. The van der Waals surface area contributed by atoms with Crippen LogP contribution in [0.5, 0.6) is 11.5 Å². The van der Waals surface area contributed by atoms with Gasteiger partial charge in [0, 0.05) is 13.1 Å². The Morgan fingerprint density at radius 1 is 0.867 bits per heavy atom. The third-order valence-electron chi connectivity index (χ3n) is 7.07. The molecule has 0 aliphatic carbocycles. The van der Waals surface area contributed by atoms with Gasteiger partial charge in [0.05, 0.1) is 22.1 Å². The highest BCUT2D eigenvalue weighted by atomic mass is 35.5. The standard InChI is InChI=1S/C33H40Cl2N2O8/c1-19-14-24(34)28(25(35)15-19)43-13-12-42-22-10-8-20(9-11-22)23-16-21-17-36(30(40)44-32(2,3)4)18-26(27(23)29(38)39)37(21)31(41)45-33(5,6)7/h8-11,14-16,21,26-27H,12-13,17-18H2,1-7H3,(H,38,39). The van der Waals surface area contributed by atoms with Gasteiger partial charge in [0.25, 0.3) is 0 Å². The molecule has 12 heteroatoms. The number of hydrogen-bond donors (Lipinski definition) is 1. The minimum Gasteiger partial charge on any atom is -0.490 e. The lowest BCUT2D eigenvalue weighted by Crippen LogP contribution is -2.66. The van der Waals surface area contributed by atoms with Gasteiger partial charge in [-0.3, -0.25) is 9.69 Å². The fraction of sp³-hybridized carbons (Fsp3) is 0.485. The molecule has 1 fully saturated rings. The highest BCUT2D eigenvalue weighted by Crippen LogP contribution is 2.40. The summed E-state index contributed by atoms with van der Waals surface area (Å²) in [5.41, 5.74) is 0.596. The topological polar surface area (TPSA) is 115 Å². The molecule has 0 radical (unpaired) electrons. The molecule has 2 bridgehead atoms. The van der Waals surface area contributed by atoms with Crippen LogP contribution >= 0.6 is 23.2 Å². The molecule has 2 amide bonds. The molecule has 2 aliphatic heterocycles. The summed E-state index contributed by atoms with van der Waals surface area (Å²) < 4.78 is 22.8. The summed E-state index contributed by atoms with van der Waals surface area (Å²) in [5, 5.41) is 11.3. The number of rotatable bonds is 7. The average molecular weight is 664 g/mol. The number of carbonyl (C=O) groups is 3. The Labute approximate surface area is 273 Å². The van der Waals surface area contributed by atoms with E-state index in [4.69, 9.17) is 42.1 Å². The van der Waals surface area contributed by atoms with E-state index in [9.17, 15) is 19.5 Å². The van der Waals surface area contributed by atoms with Gasteiger partial charge in [-0.1, -0.05) is 41.4 Å². The number of carboxylic acid groups (broad SMARTS) is 1. The van der Waals surface area contributed by atoms with E-state index in [1.807, 2.05) is 6.92 Å². The quantitative estimate of drug-likeness (QED) is 0.313. The largest absolute Gasteiger partial charge is 0.490 e. The number of ether oxygens (including phenoxy) is 4. The Morgan fingerprint density at radius 2 is 1.42 bits per heavy atom. The first kappa shape index (κ1) is 34.2. The normalized spacial score (nSPS) is 19.8. The van der Waals surface area contributed by atoms with Crippen molar-refractivity contribution in [2.75, 3.05) is 26.3 Å². The maximum absolute atomic E-state index is 13.4. The molecule has 0 spiro atoms. The molecule has 2 aromatic carbocycles. The zero-order valence-electron chi connectivity index (χ0n) is 26.6. The van der Waals surface area contributed by atoms with Gasteiger partial charge in [0.15, 0.2) is 5.75 Å². The monoisotopic (exact) mass is 662 g/mol. The number of halogens is 2. The van der Waals surface area contributed by atoms with Gasteiger partial charge in [0.2, 0.25) is 0 Å². The van der Waals surface area contributed by atoms with Gasteiger partial charge < -0.3 is 29.0 Å². The van der Waals surface area contributed by atoms with Gasteiger partial charge in [-0.15, -0.1) is 0 Å². The lowest BCUT2D eigenvalue weighted by atomic mass is 9.79. The molecule has 2 aliphatic rings. The predicted octanol–water partition coefficient (Wildman–Crippen LogP) is 7.08. The lowest BCUT2D eigenvalue weighted by Gasteiger charge is -2.50. The summed E-state index contributed by atoms with van der Waals surface area (Å²) >= 11 is 12.5. The summed E-state index contributed by atoms with van der Waals surface area (Å²) in [6, 6.07) is 9.04. The van der Waals surface area contributed by atoms with Crippen LogP contribution in [0.1, 0.15) is 52.7 Å². The third kappa shape index (κ3) is 8.55. The first-order chi connectivity index (χ1) is 20.9. The number of carbonyl (C=O) groups excluding carboxylic acids is 2. The molecule has 2 aromatic rings. The van der Waals surface area contributed by atoms with Crippen molar-refractivity contribution in [1.29, 1.82) is 0 Å². The lowest BCUT2D eigenvalue weighted by molar-refractivity contribution is -0.143. The molecule has 244 valence electrons. The minimum absolute atomic E-state index is 0.0326. The SMILES string of the molecule is Cc1cc(Cl)c(OCCOc2ccc(C3=CC4CN(C(=O)OC(C)(C)C)CC(C3C(=O)O)N4C(=O)OC(C)(C)C)cc2)c(Cl)c1.